The van der Waals surface area contributed by atoms with E-state index in [2.05, 4.69) is 51.9 Å². The van der Waals surface area contributed by atoms with Gasteiger partial charge >= 0.3 is 0 Å². The Hall–Kier alpha value is -2.10. The molecule has 24 heavy (non-hydrogen) atoms. The van der Waals surface area contributed by atoms with Crippen LogP contribution in [-0.4, -0.2) is 35.2 Å². The van der Waals surface area contributed by atoms with Crippen molar-refractivity contribution in [1.82, 2.24) is 15.1 Å². The van der Waals surface area contributed by atoms with Crippen LogP contribution in [0.25, 0.3) is 0 Å². The third-order valence-electron chi connectivity index (χ3n) is 5.27. The predicted octanol–water partition coefficient (Wildman–Crippen LogP) is 3.46. The van der Waals surface area contributed by atoms with Gasteiger partial charge in [-0.25, -0.2) is 0 Å². The Morgan fingerprint density at radius 3 is 2.79 bits per heavy atom. The number of nitrogens with one attached hydrogen (secondary N) is 2. The number of nitriles is 1. The molecule has 0 aromatic carbocycles. The maximum Gasteiger partial charge on any atom is 0.156 e. The first-order valence-electron chi connectivity index (χ1n) is 8.36. The first kappa shape index (κ1) is 15.4. The summed E-state index contributed by atoms with van der Waals surface area (Å²) >= 11 is 1.74. The SMILES string of the molecule is Cc1sccc1C1C(C#N)=C(C2CCN(C)CC2)Nc2n[nH]cc21. The average Bonchev–Trinajstić information content (AvgIpc) is 3.22. The second-order valence-electron chi connectivity index (χ2n) is 6.70. The summed E-state index contributed by atoms with van der Waals surface area (Å²) in [5.74, 6) is 1.27. The summed E-state index contributed by atoms with van der Waals surface area (Å²) in [7, 11) is 2.16. The van der Waals surface area contributed by atoms with Crippen molar-refractivity contribution in [2.24, 2.45) is 5.92 Å². The number of H-pyrrole nitrogens is 1. The lowest BCUT2D eigenvalue weighted by Gasteiger charge is -2.34. The summed E-state index contributed by atoms with van der Waals surface area (Å²) in [6, 6.07) is 4.67. The van der Waals surface area contributed by atoms with Gasteiger partial charge in [0.05, 0.1) is 17.6 Å². The Morgan fingerprint density at radius 1 is 1.33 bits per heavy atom. The molecule has 2 aromatic rings. The van der Waals surface area contributed by atoms with Crippen molar-refractivity contribution in [3.05, 3.63) is 44.9 Å². The van der Waals surface area contributed by atoms with Gasteiger partial charge in [-0.1, -0.05) is 0 Å². The van der Waals surface area contributed by atoms with Crippen LogP contribution in [0.2, 0.25) is 0 Å². The van der Waals surface area contributed by atoms with Crippen LogP contribution in [0.5, 0.6) is 0 Å². The van der Waals surface area contributed by atoms with Crippen molar-refractivity contribution in [3.8, 4) is 6.07 Å². The number of rotatable bonds is 2. The number of anilines is 1. The lowest BCUT2D eigenvalue weighted by Crippen LogP contribution is -2.34. The largest absolute Gasteiger partial charge is 0.341 e. The fourth-order valence-corrected chi connectivity index (χ4v) is 4.63. The molecule has 124 valence electrons. The molecule has 0 radical (unpaired) electrons. The van der Waals surface area contributed by atoms with E-state index in [9.17, 15) is 5.26 Å². The minimum absolute atomic E-state index is 0.00842. The molecule has 0 bridgehead atoms. The normalized spacial score (nSPS) is 22.1. The first-order valence-corrected chi connectivity index (χ1v) is 9.24. The smallest absolute Gasteiger partial charge is 0.156 e. The highest BCUT2D eigenvalue weighted by Gasteiger charge is 2.35. The van der Waals surface area contributed by atoms with Crippen molar-refractivity contribution in [3.63, 3.8) is 0 Å². The molecule has 0 aliphatic carbocycles. The fraction of sp³-hybridized carbons (Fsp3) is 0.444. The van der Waals surface area contributed by atoms with E-state index in [1.165, 1.54) is 10.4 Å². The molecular formula is C18H21N5S. The van der Waals surface area contributed by atoms with E-state index < -0.39 is 0 Å². The van der Waals surface area contributed by atoms with Gasteiger partial charge in [0, 0.05) is 28.3 Å². The van der Waals surface area contributed by atoms with E-state index >= 15 is 0 Å². The van der Waals surface area contributed by atoms with Crippen LogP contribution >= 0.6 is 11.3 Å². The zero-order valence-corrected chi connectivity index (χ0v) is 14.8. The quantitative estimate of drug-likeness (QED) is 0.879. The predicted molar refractivity (Wildman–Crippen MR) is 96.0 cm³/mol. The summed E-state index contributed by atoms with van der Waals surface area (Å²) in [6.07, 6.45) is 4.09. The minimum atomic E-state index is -0.00842. The number of allylic oxidation sites excluding steroid dienone is 2. The summed E-state index contributed by atoms with van der Waals surface area (Å²) in [6.45, 7) is 4.28. The molecule has 0 saturated carbocycles. The van der Waals surface area contributed by atoms with Gasteiger partial charge in [-0.05, 0) is 56.9 Å². The van der Waals surface area contributed by atoms with Gasteiger partial charge in [0.1, 0.15) is 0 Å². The minimum Gasteiger partial charge on any atom is -0.341 e. The van der Waals surface area contributed by atoms with Gasteiger partial charge in [0.25, 0.3) is 0 Å². The maximum absolute atomic E-state index is 9.98. The van der Waals surface area contributed by atoms with E-state index in [1.54, 1.807) is 11.3 Å². The van der Waals surface area contributed by atoms with Gasteiger partial charge in [-0.15, -0.1) is 11.3 Å². The van der Waals surface area contributed by atoms with E-state index in [4.69, 9.17) is 0 Å². The fourth-order valence-electron chi connectivity index (χ4n) is 3.89. The number of thiophene rings is 1. The van der Waals surface area contributed by atoms with Gasteiger partial charge in [0.15, 0.2) is 5.82 Å². The number of aryl methyl sites for hydroxylation is 1. The number of hydrogen-bond donors (Lipinski definition) is 2. The number of hydrogen-bond acceptors (Lipinski definition) is 5. The third kappa shape index (κ3) is 2.45. The summed E-state index contributed by atoms with van der Waals surface area (Å²) in [5, 5.41) is 22.9. The Labute approximate surface area is 146 Å². The summed E-state index contributed by atoms with van der Waals surface area (Å²) in [4.78, 5) is 3.62. The highest BCUT2D eigenvalue weighted by atomic mass is 32.1. The van der Waals surface area contributed by atoms with Gasteiger partial charge in [0.2, 0.25) is 0 Å². The molecule has 2 aliphatic heterocycles. The van der Waals surface area contributed by atoms with Crippen molar-refractivity contribution in [2.45, 2.75) is 25.7 Å². The monoisotopic (exact) mass is 339 g/mol. The molecule has 1 saturated heterocycles. The molecule has 2 aromatic heterocycles. The Bertz CT molecular complexity index is 817. The molecule has 4 heterocycles. The van der Waals surface area contributed by atoms with E-state index in [1.807, 2.05) is 6.20 Å². The van der Waals surface area contributed by atoms with Crippen LogP contribution in [0.1, 0.15) is 34.8 Å². The van der Waals surface area contributed by atoms with Crippen molar-refractivity contribution in [1.29, 1.82) is 5.26 Å². The zero-order valence-electron chi connectivity index (χ0n) is 14.0. The second kappa shape index (κ2) is 6.08. The van der Waals surface area contributed by atoms with Crippen LogP contribution in [-0.2, 0) is 0 Å². The van der Waals surface area contributed by atoms with E-state index in [0.29, 0.717) is 5.92 Å². The number of piperidine rings is 1. The number of fused-ring (bicyclic) bond motifs is 1. The number of aromatic amines is 1. The Kier molecular flexibility index (Phi) is 3.91. The number of aromatic nitrogens is 2. The van der Waals surface area contributed by atoms with Crippen LogP contribution < -0.4 is 5.32 Å². The van der Waals surface area contributed by atoms with E-state index in [0.717, 1.165) is 48.6 Å². The maximum atomic E-state index is 9.98. The highest BCUT2D eigenvalue weighted by Crippen LogP contribution is 2.45. The third-order valence-corrected chi connectivity index (χ3v) is 6.13. The van der Waals surface area contributed by atoms with Crippen molar-refractivity contribution >= 4 is 17.2 Å². The topological polar surface area (TPSA) is 67.7 Å². The van der Waals surface area contributed by atoms with Crippen LogP contribution in [0, 0.1) is 24.2 Å². The molecule has 2 N–H and O–H groups in total. The van der Waals surface area contributed by atoms with Crippen molar-refractivity contribution in [2.75, 3.05) is 25.5 Å². The summed E-state index contributed by atoms with van der Waals surface area (Å²) < 4.78 is 0. The standard InChI is InChI=1S/C18H21N5S/c1-11-13(5-8-24-11)16-14(9-19)17(12-3-6-23(2)7-4-12)21-18-15(16)10-20-22-18/h5,8,10,12,16H,3-4,6-7H2,1-2H3,(H2,20,21,22). The lowest BCUT2D eigenvalue weighted by molar-refractivity contribution is 0.238. The molecule has 1 atom stereocenters. The zero-order chi connectivity index (χ0) is 16.7. The van der Waals surface area contributed by atoms with Gasteiger partial charge in [-0.3, -0.25) is 5.10 Å². The molecule has 6 heteroatoms. The lowest BCUT2D eigenvalue weighted by atomic mass is 9.79. The molecule has 4 rings (SSSR count). The van der Waals surface area contributed by atoms with Gasteiger partial charge < -0.3 is 10.2 Å². The number of nitrogens with zero attached hydrogens (tertiary/aromatic N) is 3. The Balaban J connectivity index is 1.81. The molecule has 1 unspecified atom stereocenters. The molecule has 0 spiro atoms. The van der Waals surface area contributed by atoms with Crippen LogP contribution in [0.15, 0.2) is 28.9 Å². The van der Waals surface area contributed by atoms with Crippen LogP contribution in [0.3, 0.4) is 0 Å². The van der Waals surface area contributed by atoms with Crippen LogP contribution in [0.4, 0.5) is 5.82 Å². The first-order chi connectivity index (χ1) is 11.7. The molecule has 1 fully saturated rings. The molecular weight excluding hydrogens is 318 g/mol. The highest BCUT2D eigenvalue weighted by molar-refractivity contribution is 7.10. The second-order valence-corrected chi connectivity index (χ2v) is 7.82. The molecule has 5 nitrogen and oxygen atoms in total. The molecule has 2 aliphatic rings. The summed E-state index contributed by atoms with van der Waals surface area (Å²) in [5.41, 5.74) is 4.25. The van der Waals surface area contributed by atoms with E-state index in [-0.39, 0.29) is 5.92 Å². The molecule has 0 amide bonds. The average molecular weight is 339 g/mol. The number of likely N-dealkylation sites (tertiary alicyclic amines) is 1. The Morgan fingerprint density at radius 2 is 2.12 bits per heavy atom. The van der Waals surface area contributed by atoms with Gasteiger partial charge in [-0.2, -0.15) is 10.4 Å². The van der Waals surface area contributed by atoms with Crippen molar-refractivity contribution < 1.29 is 0 Å².